The lowest BCUT2D eigenvalue weighted by atomic mass is 10.2. The molecule has 3 nitrogen and oxygen atoms in total. The van der Waals surface area contributed by atoms with Crippen LogP contribution in [0, 0.1) is 0 Å². The maximum absolute atomic E-state index is 5.48. The molecule has 1 heterocycles. The van der Waals surface area contributed by atoms with Gasteiger partial charge in [-0.1, -0.05) is 6.07 Å². The van der Waals surface area contributed by atoms with Crippen molar-refractivity contribution in [2.75, 3.05) is 11.9 Å². The average molecular weight is 245 g/mol. The molecule has 1 N–H and O–H groups in total. The van der Waals surface area contributed by atoms with Crippen molar-refractivity contribution >= 4 is 5.69 Å². The smallest absolute Gasteiger partial charge is 0.121 e. The third-order valence-electron chi connectivity index (χ3n) is 2.65. The van der Waals surface area contributed by atoms with Crippen molar-refractivity contribution in [3.63, 3.8) is 0 Å². The first kappa shape index (κ1) is 12.6. The zero-order valence-corrected chi connectivity index (χ0v) is 10.8. The van der Waals surface area contributed by atoms with Gasteiger partial charge in [0.1, 0.15) is 11.5 Å². The Bertz CT molecular complexity index is 465. The molecule has 2 aromatic rings. The van der Waals surface area contributed by atoms with E-state index in [9.17, 15) is 0 Å². The highest BCUT2D eigenvalue weighted by Gasteiger charge is 2.06. The molecule has 0 saturated heterocycles. The van der Waals surface area contributed by atoms with Gasteiger partial charge in [0.05, 0.1) is 12.9 Å². The van der Waals surface area contributed by atoms with Crippen LogP contribution in [0.4, 0.5) is 5.69 Å². The Morgan fingerprint density at radius 2 is 2.17 bits per heavy atom. The van der Waals surface area contributed by atoms with E-state index in [-0.39, 0.29) is 0 Å². The van der Waals surface area contributed by atoms with Crippen molar-refractivity contribution in [1.29, 1.82) is 0 Å². The van der Waals surface area contributed by atoms with Crippen LogP contribution in [-0.2, 0) is 6.42 Å². The molecule has 1 atom stereocenters. The lowest BCUT2D eigenvalue weighted by Gasteiger charge is -2.14. The molecule has 96 valence electrons. The van der Waals surface area contributed by atoms with Crippen molar-refractivity contribution in [2.45, 2.75) is 26.3 Å². The van der Waals surface area contributed by atoms with Crippen molar-refractivity contribution in [2.24, 2.45) is 0 Å². The van der Waals surface area contributed by atoms with E-state index in [1.165, 1.54) is 0 Å². The summed E-state index contributed by atoms with van der Waals surface area (Å²) in [5.74, 6) is 1.89. The fraction of sp³-hybridized carbons (Fsp3) is 0.333. The molecule has 1 aromatic heterocycles. The lowest BCUT2D eigenvalue weighted by molar-refractivity contribution is 0.340. The first-order valence-electron chi connectivity index (χ1n) is 6.29. The second-order valence-corrected chi connectivity index (χ2v) is 4.29. The predicted octanol–water partition coefficient (Wildman–Crippen LogP) is 3.72. The Balaban J connectivity index is 1.93. The van der Waals surface area contributed by atoms with Gasteiger partial charge in [0.25, 0.3) is 0 Å². The molecule has 0 radical (unpaired) electrons. The molecule has 0 bridgehead atoms. The van der Waals surface area contributed by atoms with Crippen LogP contribution in [0.3, 0.4) is 0 Å². The zero-order chi connectivity index (χ0) is 12.8. The SMILES string of the molecule is CCOc1cccc(NC(C)Cc2ccco2)c1. The molecular weight excluding hydrogens is 226 g/mol. The summed E-state index contributed by atoms with van der Waals surface area (Å²) >= 11 is 0. The van der Waals surface area contributed by atoms with Crippen LogP contribution in [0.1, 0.15) is 19.6 Å². The second-order valence-electron chi connectivity index (χ2n) is 4.29. The van der Waals surface area contributed by atoms with E-state index in [2.05, 4.69) is 12.2 Å². The maximum atomic E-state index is 5.48. The highest BCUT2D eigenvalue weighted by atomic mass is 16.5. The molecule has 1 aromatic carbocycles. The first-order chi connectivity index (χ1) is 8.78. The largest absolute Gasteiger partial charge is 0.494 e. The van der Waals surface area contributed by atoms with E-state index >= 15 is 0 Å². The Labute approximate surface area is 108 Å². The van der Waals surface area contributed by atoms with E-state index in [1.807, 2.05) is 43.3 Å². The minimum Gasteiger partial charge on any atom is -0.494 e. The van der Waals surface area contributed by atoms with Crippen LogP contribution in [0.5, 0.6) is 5.75 Å². The molecule has 0 amide bonds. The van der Waals surface area contributed by atoms with E-state index in [0.717, 1.165) is 23.6 Å². The monoisotopic (exact) mass is 245 g/mol. The summed E-state index contributed by atoms with van der Waals surface area (Å²) in [5.41, 5.74) is 1.07. The lowest BCUT2D eigenvalue weighted by Crippen LogP contribution is -2.17. The van der Waals surface area contributed by atoms with Crippen molar-refractivity contribution in [3.8, 4) is 5.75 Å². The van der Waals surface area contributed by atoms with Crippen LogP contribution in [0.2, 0.25) is 0 Å². The Kier molecular flexibility index (Phi) is 4.29. The van der Waals surface area contributed by atoms with Gasteiger partial charge in [0.15, 0.2) is 0 Å². The minimum atomic E-state index is 0.313. The zero-order valence-electron chi connectivity index (χ0n) is 10.8. The van der Waals surface area contributed by atoms with Gasteiger partial charge in [0.2, 0.25) is 0 Å². The van der Waals surface area contributed by atoms with Crippen LogP contribution in [0.15, 0.2) is 47.1 Å². The quantitative estimate of drug-likeness (QED) is 0.842. The van der Waals surface area contributed by atoms with E-state index < -0.39 is 0 Å². The number of rotatable bonds is 6. The van der Waals surface area contributed by atoms with Crippen molar-refractivity contribution in [3.05, 3.63) is 48.4 Å². The summed E-state index contributed by atoms with van der Waals surface area (Å²) in [7, 11) is 0. The van der Waals surface area contributed by atoms with Gasteiger partial charge < -0.3 is 14.5 Å². The van der Waals surface area contributed by atoms with Gasteiger partial charge in [0, 0.05) is 24.2 Å². The Morgan fingerprint density at radius 3 is 2.89 bits per heavy atom. The molecular formula is C15H19NO2. The normalized spacial score (nSPS) is 12.1. The fourth-order valence-corrected chi connectivity index (χ4v) is 1.91. The molecule has 0 fully saturated rings. The second kappa shape index (κ2) is 6.15. The van der Waals surface area contributed by atoms with Crippen LogP contribution in [0.25, 0.3) is 0 Å². The van der Waals surface area contributed by atoms with Gasteiger partial charge >= 0.3 is 0 Å². The molecule has 3 heteroatoms. The first-order valence-corrected chi connectivity index (χ1v) is 6.29. The number of benzene rings is 1. The molecule has 0 aliphatic heterocycles. The number of ether oxygens (including phenoxy) is 1. The highest BCUT2D eigenvalue weighted by molar-refractivity contribution is 5.48. The standard InChI is InChI=1S/C15H19NO2/c1-3-17-15-7-4-6-13(11-15)16-12(2)10-14-8-5-9-18-14/h4-9,11-12,16H,3,10H2,1-2H3. The fourth-order valence-electron chi connectivity index (χ4n) is 1.91. The number of hydrogen-bond donors (Lipinski definition) is 1. The number of furan rings is 1. The van der Waals surface area contributed by atoms with Gasteiger partial charge in [-0.3, -0.25) is 0 Å². The third kappa shape index (κ3) is 3.55. The average Bonchev–Trinajstić information content (AvgIpc) is 2.82. The van der Waals surface area contributed by atoms with Gasteiger partial charge in [-0.15, -0.1) is 0 Å². The summed E-state index contributed by atoms with van der Waals surface area (Å²) < 4.78 is 10.8. The summed E-state index contributed by atoms with van der Waals surface area (Å²) in [6, 6.07) is 12.2. The van der Waals surface area contributed by atoms with E-state index in [0.29, 0.717) is 12.6 Å². The maximum Gasteiger partial charge on any atom is 0.121 e. The summed E-state index contributed by atoms with van der Waals surface area (Å²) in [4.78, 5) is 0. The Morgan fingerprint density at radius 1 is 1.28 bits per heavy atom. The molecule has 18 heavy (non-hydrogen) atoms. The topological polar surface area (TPSA) is 34.4 Å². The number of hydrogen-bond acceptors (Lipinski definition) is 3. The van der Waals surface area contributed by atoms with Crippen LogP contribution < -0.4 is 10.1 Å². The third-order valence-corrected chi connectivity index (χ3v) is 2.65. The minimum absolute atomic E-state index is 0.313. The summed E-state index contributed by atoms with van der Waals surface area (Å²) in [5, 5.41) is 3.44. The van der Waals surface area contributed by atoms with Gasteiger partial charge in [-0.05, 0) is 38.1 Å². The molecule has 2 rings (SSSR count). The molecule has 0 aliphatic carbocycles. The van der Waals surface area contributed by atoms with Crippen molar-refractivity contribution in [1.82, 2.24) is 0 Å². The summed E-state index contributed by atoms with van der Waals surface area (Å²) in [6.07, 6.45) is 2.57. The predicted molar refractivity (Wildman–Crippen MR) is 73.1 cm³/mol. The molecule has 0 aliphatic rings. The van der Waals surface area contributed by atoms with Crippen LogP contribution >= 0.6 is 0 Å². The van der Waals surface area contributed by atoms with Gasteiger partial charge in [-0.25, -0.2) is 0 Å². The number of nitrogens with one attached hydrogen (secondary N) is 1. The van der Waals surface area contributed by atoms with E-state index in [4.69, 9.17) is 9.15 Å². The van der Waals surface area contributed by atoms with Gasteiger partial charge in [-0.2, -0.15) is 0 Å². The van der Waals surface area contributed by atoms with Crippen molar-refractivity contribution < 1.29 is 9.15 Å². The highest BCUT2D eigenvalue weighted by Crippen LogP contribution is 2.18. The van der Waals surface area contributed by atoms with E-state index in [1.54, 1.807) is 6.26 Å². The molecule has 0 spiro atoms. The number of anilines is 1. The Hall–Kier alpha value is -1.90. The van der Waals surface area contributed by atoms with Crippen LogP contribution in [-0.4, -0.2) is 12.6 Å². The summed E-state index contributed by atoms with van der Waals surface area (Å²) in [6.45, 7) is 4.81. The molecule has 0 saturated carbocycles. The molecule has 1 unspecified atom stereocenters.